The number of rotatable bonds is 6. The lowest BCUT2D eigenvalue weighted by atomic mass is 10.1. The molecule has 2 amide bonds. The number of hydrogen-bond acceptors (Lipinski definition) is 3. The van der Waals surface area contributed by atoms with Gasteiger partial charge >= 0.3 is 0 Å². The Hall–Kier alpha value is -2.57. The van der Waals surface area contributed by atoms with Gasteiger partial charge in [-0.25, -0.2) is 0 Å². The molecule has 7 heteroatoms. The largest absolute Gasteiger partial charge is 0.497 e. The minimum Gasteiger partial charge on any atom is -0.497 e. The first-order chi connectivity index (χ1) is 14.0. The molecule has 1 heterocycles. The van der Waals surface area contributed by atoms with Crippen LogP contribution in [0.4, 0.5) is 0 Å². The zero-order chi connectivity index (χ0) is 20.8. The smallest absolute Gasteiger partial charge is 0.253 e. The zero-order valence-corrected chi connectivity index (χ0v) is 17.5. The quantitative estimate of drug-likeness (QED) is 0.748. The average Bonchev–Trinajstić information content (AvgIpc) is 2.74. The Bertz CT molecular complexity index is 849. The minimum absolute atomic E-state index is 0.0612. The van der Waals surface area contributed by atoms with E-state index < -0.39 is 6.04 Å². The van der Waals surface area contributed by atoms with E-state index in [4.69, 9.17) is 16.3 Å². The van der Waals surface area contributed by atoms with Crippen molar-refractivity contribution < 1.29 is 19.2 Å². The highest BCUT2D eigenvalue weighted by Gasteiger charge is 2.28. The van der Waals surface area contributed by atoms with Crippen LogP contribution in [0.25, 0.3) is 0 Å². The van der Waals surface area contributed by atoms with Crippen LogP contribution in [0.3, 0.4) is 0 Å². The molecule has 0 aromatic heterocycles. The number of quaternary nitrogens is 1. The molecule has 0 radical (unpaired) electrons. The van der Waals surface area contributed by atoms with Crippen LogP contribution in [0.2, 0.25) is 5.02 Å². The monoisotopic (exact) mass is 416 g/mol. The first-order valence-electron chi connectivity index (χ1n) is 9.78. The summed E-state index contributed by atoms with van der Waals surface area (Å²) in [6, 6.07) is 14.3. The number of ether oxygens (including phenoxy) is 1. The summed E-state index contributed by atoms with van der Waals surface area (Å²) in [5.74, 6) is 0.459. The Morgan fingerprint density at radius 2 is 1.79 bits per heavy atom. The molecule has 6 nitrogen and oxygen atoms in total. The van der Waals surface area contributed by atoms with Crippen molar-refractivity contribution in [3.8, 4) is 5.75 Å². The molecule has 29 heavy (non-hydrogen) atoms. The van der Waals surface area contributed by atoms with Crippen molar-refractivity contribution in [2.45, 2.75) is 19.5 Å². The predicted octanol–water partition coefficient (Wildman–Crippen LogP) is 1.39. The van der Waals surface area contributed by atoms with Crippen LogP contribution in [0.5, 0.6) is 5.75 Å². The van der Waals surface area contributed by atoms with E-state index in [2.05, 4.69) is 17.4 Å². The van der Waals surface area contributed by atoms with E-state index in [1.165, 1.54) is 10.5 Å². The number of carbonyl (C=O) groups excluding carboxylic acids is 2. The summed E-state index contributed by atoms with van der Waals surface area (Å²) < 4.78 is 5.20. The van der Waals surface area contributed by atoms with E-state index in [1.54, 1.807) is 38.3 Å². The maximum atomic E-state index is 12.7. The lowest BCUT2D eigenvalue weighted by molar-refractivity contribution is -0.917. The number of amides is 2. The number of halogens is 1. The molecule has 0 saturated carbocycles. The maximum absolute atomic E-state index is 12.7. The topological polar surface area (TPSA) is 63.1 Å². The molecule has 0 unspecified atom stereocenters. The van der Waals surface area contributed by atoms with Crippen LogP contribution < -0.4 is 15.0 Å². The van der Waals surface area contributed by atoms with E-state index in [1.807, 2.05) is 17.0 Å². The third-order valence-electron chi connectivity index (χ3n) is 5.23. The van der Waals surface area contributed by atoms with E-state index in [0.717, 1.165) is 25.4 Å². The van der Waals surface area contributed by atoms with Crippen LogP contribution >= 0.6 is 11.6 Å². The first kappa shape index (κ1) is 21.1. The molecule has 2 aromatic carbocycles. The molecule has 154 valence electrons. The molecule has 2 aromatic rings. The van der Waals surface area contributed by atoms with Crippen molar-refractivity contribution in [1.82, 2.24) is 10.2 Å². The summed E-state index contributed by atoms with van der Waals surface area (Å²) in [6.45, 7) is 5.75. The van der Waals surface area contributed by atoms with Crippen LogP contribution in [-0.2, 0) is 11.3 Å². The van der Waals surface area contributed by atoms with Crippen LogP contribution in [0.15, 0.2) is 48.5 Å². The van der Waals surface area contributed by atoms with Crippen molar-refractivity contribution in [1.29, 1.82) is 0 Å². The van der Waals surface area contributed by atoms with Crippen molar-refractivity contribution in [2.75, 3.05) is 33.3 Å². The van der Waals surface area contributed by atoms with E-state index >= 15 is 0 Å². The van der Waals surface area contributed by atoms with Crippen LogP contribution in [0.1, 0.15) is 22.8 Å². The highest BCUT2D eigenvalue weighted by atomic mass is 35.5. The summed E-state index contributed by atoms with van der Waals surface area (Å²) in [7, 11) is 1.66. The van der Waals surface area contributed by atoms with E-state index in [0.29, 0.717) is 23.7 Å². The molecule has 0 aliphatic carbocycles. The summed E-state index contributed by atoms with van der Waals surface area (Å²) in [4.78, 5) is 28.4. The Labute approximate surface area is 176 Å². The van der Waals surface area contributed by atoms with Crippen molar-refractivity contribution in [2.24, 2.45) is 0 Å². The van der Waals surface area contributed by atoms with Crippen LogP contribution in [0, 0.1) is 0 Å². The third-order valence-corrected chi connectivity index (χ3v) is 5.56. The number of nitrogens with zero attached hydrogens (tertiary/aromatic N) is 1. The lowest BCUT2D eigenvalue weighted by Gasteiger charge is -2.33. The van der Waals surface area contributed by atoms with Gasteiger partial charge in [-0.1, -0.05) is 23.7 Å². The van der Waals surface area contributed by atoms with Gasteiger partial charge in [0, 0.05) is 5.56 Å². The van der Waals surface area contributed by atoms with Crippen molar-refractivity contribution >= 4 is 23.4 Å². The molecule has 0 bridgehead atoms. The zero-order valence-electron chi connectivity index (χ0n) is 16.8. The number of methoxy groups -OCH3 is 1. The molecule has 2 N–H and O–H groups in total. The maximum Gasteiger partial charge on any atom is 0.253 e. The number of hydrogen-bond donors (Lipinski definition) is 2. The standard InChI is InChI=1S/C22H26ClN3O3/c1-16(24-21(27)19-5-3-4-6-20(19)23)22(28)26-13-11-25(12-14-26)15-17-7-9-18(29-2)10-8-17/h3-10,16H,11-15H2,1-2H3,(H,24,27)/p+1/t16-/m0/s1. The number of carbonyl (C=O) groups is 2. The summed E-state index contributed by atoms with van der Waals surface area (Å²) in [6.07, 6.45) is 0. The van der Waals surface area contributed by atoms with Crippen molar-refractivity contribution in [3.63, 3.8) is 0 Å². The summed E-state index contributed by atoms with van der Waals surface area (Å²) >= 11 is 6.06. The summed E-state index contributed by atoms with van der Waals surface area (Å²) in [5, 5.41) is 3.14. The molecule has 1 fully saturated rings. The van der Waals surface area contributed by atoms with Gasteiger partial charge in [-0.05, 0) is 43.3 Å². The number of benzene rings is 2. The normalized spacial score (nSPS) is 15.6. The highest BCUT2D eigenvalue weighted by molar-refractivity contribution is 6.33. The SMILES string of the molecule is COc1ccc(C[NH+]2CCN(C(=O)[C@H](C)NC(=O)c3ccccc3Cl)CC2)cc1. The second-order valence-electron chi connectivity index (χ2n) is 7.28. The van der Waals surface area contributed by atoms with Gasteiger partial charge in [0.05, 0.1) is 43.9 Å². The van der Waals surface area contributed by atoms with E-state index in [-0.39, 0.29) is 11.8 Å². The first-order valence-corrected chi connectivity index (χ1v) is 10.2. The summed E-state index contributed by atoms with van der Waals surface area (Å²) in [5.41, 5.74) is 1.63. The minimum atomic E-state index is -0.595. The average molecular weight is 417 g/mol. The fraction of sp³-hybridized carbons (Fsp3) is 0.364. The molecule has 1 atom stereocenters. The van der Waals surface area contributed by atoms with Gasteiger partial charge < -0.3 is 19.9 Å². The van der Waals surface area contributed by atoms with Gasteiger partial charge in [0.1, 0.15) is 18.3 Å². The predicted molar refractivity (Wildman–Crippen MR) is 112 cm³/mol. The number of piperazine rings is 1. The second kappa shape index (κ2) is 9.76. The third kappa shape index (κ3) is 5.49. The van der Waals surface area contributed by atoms with Gasteiger partial charge in [-0.15, -0.1) is 0 Å². The molecular formula is C22H27ClN3O3+. The Morgan fingerprint density at radius 3 is 2.41 bits per heavy atom. The fourth-order valence-corrected chi connectivity index (χ4v) is 3.73. The van der Waals surface area contributed by atoms with E-state index in [9.17, 15) is 9.59 Å². The number of nitrogens with one attached hydrogen (secondary N) is 2. The Morgan fingerprint density at radius 1 is 1.14 bits per heavy atom. The second-order valence-corrected chi connectivity index (χ2v) is 7.68. The Balaban J connectivity index is 1.48. The van der Waals surface area contributed by atoms with Crippen molar-refractivity contribution in [3.05, 3.63) is 64.7 Å². The lowest BCUT2D eigenvalue weighted by Crippen LogP contribution is -3.13. The van der Waals surface area contributed by atoms with Gasteiger partial charge in [0.15, 0.2) is 0 Å². The molecule has 3 rings (SSSR count). The van der Waals surface area contributed by atoms with Gasteiger partial charge in [0.25, 0.3) is 5.91 Å². The van der Waals surface area contributed by atoms with Crippen LogP contribution in [-0.4, -0.2) is 56.0 Å². The molecule has 1 aliphatic rings. The van der Waals surface area contributed by atoms with Gasteiger partial charge in [-0.2, -0.15) is 0 Å². The molecule has 1 aliphatic heterocycles. The van der Waals surface area contributed by atoms with Gasteiger partial charge in [-0.3, -0.25) is 9.59 Å². The molecular weight excluding hydrogens is 390 g/mol. The highest BCUT2D eigenvalue weighted by Crippen LogP contribution is 2.15. The molecule has 1 saturated heterocycles. The molecule has 0 spiro atoms. The Kier molecular flexibility index (Phi) is 7.12. The van der Waals surface area contributed by atoms with Gasteiger partial charge in [0.2, 0.25) is 5.91 Å². The fourth-order valence-electron chi connectivity index (χ4n) is 3.51.